The maximum Gasteiger partial charge on any atom is 0.252 e. The number of sulfone groups is 1. The lowest BCUT2D eigenvalue weighted by Crippen LogP contribution is -2.35. The van der Waals surface area contributed by atoms with Gasteiger partial charge in [-0.2, -0.15) is 0 Å². The third-order valence-electron chi connectivity index (χ3n) is 4.14. The van der Waals surface area contributed by atoms with E-state index in [0.29, 0.717) is 12.0 Å². The summed E-state index contributed by atoms with van der Waals surface area (Å²) in [7, 11) is -3.01. The summed E-state index contributed by atoms with van der Waals surface area (Å²) >= 11 is 0. The number of rotatable bonds is 3. The van der Waals surface area contributed by atoms with E-state index in [2.05, 4.69) is 10.3 Å². The van der Waals surface area contributed by atoms with E-state index in [4.69, 9.17) is 0 Å². The molecule has 0 bridgehead atoms. The second kappa shape index (κ2) is 5.92. The number of carbonyl (C=O) groups is 1. The number of hydrogen-bond acceptors (Lipinski definition) is 4. The molecular formula is C17H20N2O3S. The van der Waals surface area contributed by atoms with Gasteiger partial charge in [0.05, 0.1) is 22.6 Å². The Morgan fingerprint density at radius 1 is 1.30 bits per heavy atom. The molecule has 2 heterocycles. The van der Waals surface area contributed by atoms with Crippen molar-refractivity contribution in [3.63, 3.8) is 0 Å². The Morgan fingerprint density at radius 2 is 2.04 bits per heavy atom. The van der Waals surface area contributed by atoms with Crippen molar-refractivity contribution in [1.82, 2.24) is 10.3 Å². The smallest absolute Gasteiger partial charge is 0.252 e. The van der Waals surface area contributed by atoms with Crippen LogP contribution >= 0.6 is 0 Å². The number of pyridine rings is 1. The summed E-state index contributed by atoms with van der Waals surface area (Å²) in [6.07, 6.45) is 0.480. The molecular weight excluding hydrogens is 312 g/mol. The average molecular weight is 332 g/mol. The average Bonchev–Trinajstić information content (AvgIpc) is 2.84. The molecule has 23 heavy (non-hydrogen) atoms. The molecule has 6 heteroatoms. The Balaban J connectivity index is 1.96. The van der Waals surface area contributed by atoms with Gasteiger partial charge in [0.15, 0.2) is 9.84 Å². The lowest BCUT2D eigenvalue weighted by atomic mass is 10.0. The third-order valence-corrected chi connectivity index (χ3v) is 5.91. The lowest BCUT2D eigenvalue weighted by molar-refractivity contribution is 0.0942. The van der Waals surface area contributed by atoms with E-state index in [0.717, 1.165) is 16.6 Å². The van der Waals surface area contributed by atoms with Gasteiger partial charge in [-0.15, -0.1) is 0 Å². The lowest BCUT2D eigenvalue weighted by Gasteiger charge is -2.14. The van der Waals surface area contributed by atoms with Crippen LogP contribution in [0.1, 0.15) is 42.2 Å². The van der Waals surface area contributed by atoms with Crippen molar-refractivity contribution in [2.24, 2.45) is 0 Å². The molecule has 3 rings (SSSR count). The van der Waals surface area contributed by atoms with Crippen molar-refractivity contribution in [3.8, 4) is 0 Å². The predicted octanol–water partition coefficient (Wildman–Crippen LogP) is 2.28. The van der Waals surface area contributed by atoms with Gasteiger partial charge in [-0.05, 0) is 24.5 Å². The first-order valence-electron chi connectivity index (χ1n) is 7.77. The van der Waals surface area contributed by atoms with Crippen LogP contribution in [0.25, 0.3) is 10.9 Å². The van der Waals surface area contributed by atoms with Gasteiger partial charge in [0.25, 0.3) is 5.91 Å². The normalized spacial score (nSPS) is 20.0. The van der Waals surface area contributed by atoms with Crippen LogP contribution in [0.5, 0.6) is 0 Å². The maximum absolute atomic E-state index is 12.7. The van der Waals surface area contributed by atoms with Crippen LogP contribution in [0, 0.1) is 0 Å². The first kappa shape index (κ1) is 15.9. The Hall–Kier alpha value is -1.95. The van der Waals surface area contributed by atoms with E-state index in [1.54, 1.807) is 0 Å². The fourth-order valence-corrected chi connectivity index (χ4v) is 4.52. The second-order valence-corrected chi connectivity index (χ2v) is 8.57. The minimum Gasteiger partial charge on any atom is -0.348 e. The first-order chi connectivity index (χ1) is 10.9. The number of fused-ring (bicyclic) bond motifs is 1. The minimum atomic E-state index is -3.01. The van der Waals surface area contributed by atoms with Crippen molar-refractivity contribution in [3.05, 3.63) is 41.6 Å². The van der Waals surface area contributed by atoms with Crippen LogP contribution in [0.15, 0.2) is 30.3 Å². The van der Waals surface area contributed by atoms with Crippen LogP contribution in [-0.4, -0.2) is 36.9 Å². The fraction of sp³-hybridized carbons (Fsp3) is 0.412. The number of para-hydroxylation sites is 1. The summed E-state index contributed by atoms with van der Waals surface area (Å²) < 4.78 is 23.1. The molecule has 1 N–H and O–H groups in total. The molecule has 1 aromatic carbocycles. The molecule has 0 radical (unpaired) electrons. The van der Waals surface area contributed by atoms with E-state index >= 15 is 0 Å². The molecule has 1 unspecified atom stereocenters. The van der Waals surface area contributed by atoms with Gasteiger partial charge in [-0.1, -0.05) is 32.0 Å². The molecule has 5 nitrogen and oxygen atoms in total. The summed E-state index contributed by atoms with van der Waals surface area (Å²) in [5, 5.41) is 3.65. The van der Waals surface area contributed by atoms with E-state index in [1.165, 1.54) is 0 Å². The molecule has 0 spiro atoms. The third kappa shape index (κ3) is 3.37. The SMILES string of the molecule is CC(C)c1cc(C(=O)NC2CCS(=O)(=O)C2)c2ccccc2n1. The molecule has 1 saturated heterocycles. The highest BCUT2D eigenvalue weighted by molar-refractivity contribution is 7.91. The number of nitrogens with one attached hydrogen (secondary N) is 1. The molecule has 1 fully saturated rings. The molecule has 0 saturated carbocycles. The Morgan fingerprint density at radius 3 is 2.70 bits per heavy atom. The van der Waals surface area contributed by atoms with Crippen molar-refractivity contribution < 1.29 is 13.2 Å². The predicted molar refractivity (Wildman–Crippen MR) is 90.4 cm³/mol. The number of carbonyl (C=O) groups excluding carboxylic acids is 1. The Labute approximate surface area is 136 Å². The van der Waals surface area contributed by atoms with Gasteiger partial charge in [0, 0.05) is 17.1 Å². The van der Waals surface area contributed by atoms with Crippen molar-refractivity contribution in [1.29, 1.82) is 0 Å². The van der Waals surface area contributed by atoms with E-state index in [-0.39, 0.29) is 29.4 Å². The highest BCUT2D eigenvalue weighted by Gasteiger charge is 2.29. The van der Waals surface area contributed by atoms with Crippen molar-refractivity contribution in [2.45, 2.75) is 32.2 Å². The van der Waals surface area contributed by atoms with Gasteiger partial charge in [0.1, 0.15) is 0 Å². The highest BCUT2D eigenvalue weighted by Crippen LogP contribution is 2.23. The number of hydrogen-bond donors (Lipinski definition) is 1. The second-order valence-electron chi connectivity index (χ2n) is 6.34. The molecule has 1 aliphatic heterocycles. The molecule has 2 aromatic rings. The number of aromatic nitrogens is 1. The van der Waals surface area contributed by atoms with Crippen LogP contribution < -0.4 is 5.32 Å². The van der Waals surface area contributed by atoms with Gasteiger partial charge < -0.3 is 5.32 Å². The van der Waals surface area contributed by atoms with Gasteiger partial charge in [-0.3, -0.25) is 9.78 Å². The number of nitrogens with zero attached hydrogens (tertiary/aromatic N) is 1. The Bertz CT molecular complexity index is 859. The maximum atomic E-state index is 12.7. The summed E-state index contributed by atoms with van der Waals surface area (Å²) in [6.45, 7) is 4.06. The van der Waals surface area contributed by atoms with Crippen LogP contribution in [0.4, 0.5) is 0 Å². The monoisotopic (exact) mass is 332 g/mol. The van der Waals surface area contributed by atoms with E-state index in [1.807, 2.05) is 44.2 Å². The van der Waals surface area contributed by atoms with E-state index < -0.39 is 9.84 Å². The number of amides is 1. The van der Waals surface area contributed by atoms with Crippen molar-refractivity contribution >= 4 is 26.6 Å². The zero-order valence-electron chi connectivity index (χ0n) is 13.2. The molecule has 1 amide bonds. The summed E-state index contributed by atoms with van der Waals surface area (Å²) in [4.78, 5) is 17.3. The standard InChI is InChI=1S/C17H20N2O3S/c1-11(2)16-9-14(13-5-3-4-6-15(13)19-16)17(20)18-12-7-8-23(21,22)10-12/h3-6,9,11-12H,7-8,10H2,1-2H3,(H,18,20). The van der Waals surface area contributed by atoms with Gasteiger partial charge in [0.2, 0.25) is 0 Å². The Kier molecular flexibility index (Phi) is 4.10. The van der Waals surface area contributed by atoms with Crippen LogP contribution in [0.2, 0.25) is 0 Å². The minimum absolute atomic E-state index is 0.0266. The van der Waals surface area contributed by atoms with Crippen LogP contribution in [-0.2, 0) is 9.84 Å². The molecule has 0 aliphatic carbocycles. The summed E-state index contributed by atoms with van der Waals surface area (Å²) in [6, 6.07) is 9.03. The summed E-state index contributed by atoms with van der Waals surface area (Å²) in [5.41, 5.74) is 2.19. The topological polar surface area (TPSA) is 76.1 Å². The molecule has 1 aliphatic rings. The summed E-state index contributed by atoms with van der Waals surface area (Å²) in [5.74, 6) is 0.149. The fourth-order valence-electron chi connectivity index (χ4n) is 2.85. The van der Waals surface area contributed by atoms with Gasteiger partial charge in [-0.25, -0.2) is 8.42 Å². The largest absolute Gasteiger partial charge is 0.348 e. The zero-order chi connectivity index (χ0) is 16.6. The highest BCUT2D eigenvalue weighted by atomic mass is 32.2. The van der Waals surface area contributed by atoms with E-state index in [9.17, 15) is 13.2 Å². The quantitative estimate of drug-likeness (QED) is 0.935. The number of benzene rings is 1. The van der Waals surface area contributed by atoms with Gasteiger partial charge >= 0.3 is 0 Å². The van der Waals surface area contributed by atoms with Crippen LogP contribution in [0.3, 0.4) is 0 Å². The van der Waals surface area contributed by atoms with Crippen molar-refractivity contribution in [2.75, 3.05) is 11.5 Å². The molecule has 1 aromatic heterocycles. The molecule has 122 valence electrons. The zero-order valence-corrected chi connectivity index (χ0v) is 14.1. The molecule has 1 atom stereocenters. The first-order valence-corrected chi connectivity index (χ1v) is 9.59.